The van der Waals surface area contributed by atoms with Gasteiger partial charge in [-0.25, -0.2) is 0 Å². The van der Waals surface area contributed by atoms with Gasteiger partial charge in [-0.15, -0.1) is 0 Å². The maximum absolute atomic E-state index is 7.00. The second-order valence-electron chi connectivity index (χ2n) is 4.47. The lowest BCUT2D eigenvalue weighted by atomic mass is 10.1. The van der Waals surface area contributed by atoms with Gasteiger partial charge in [0.1, 0.15) is 0 Å². The predicted octanol–water partition coefficient (Wildman–Crippen LogP) is 2.26. The maximum Gasteiger partial charge on any atom is 0.0319 e. The smallest absolute Gasteiger partial charge is 0.0319 e. The molecular weight excluding hydrogens is 248 g/mol. The third kappa shape index (κ3) is 5.97. The van der Waals surface area contributed by atoms with E-state index in [2.05, 4.69) is 53.4 Å². The average Bonchev–Trinajstić information content (AvgIpc) is 2.51. The molecule has 0 aromatic heterocycles. The minimum Gasteiger partial charge on any atom is -0.400 e. The van der Waals surface area contributed by atoms with E-state index in [0.717, 1.165) is 26.7 Å². The van der Waals surface area contributed by atoms with Gasteiger partial charge in [-0.3, -0.25) is 4.90 Å². The minimum absolute atomic E-state index is 0.694. The molecule has 2 aromatic rings. The van der Waals surface area contributed by atoms with Crippen LogP contribution in [0.3, 0.4) is 0 Å². The van der Waals surface area contributed by atoms with Crippen LogP contribution in [-0.4, -0.2) is 30.2 Å². The standard InChI is InChI=1S/C16H20N2.CH4O/c17-11-12-18(13-15-7-3-1-4-8-15)14-16-9-5-2-6-10-16;1-2/h1-10H,11-14,17H2;2H,1H3. The number of hydrogen-bond donors (Lipinski definition) is 2. The van der Waals surface area contributed by atoms with Crippen molar-refractivity contribution >= 4 is 0 Å². The zero-order chi connectivity index (χ0) is 14.6. The van der Waals surface area contributed by atoms with Crippen molar-refractivity contribution in [1.82, 2.24) is 4.90 Å². The van der Waals surface area contributed by atoms with E-state index >= 15 is 0 Å². The van der Waals surface area contributed by atoms with Crippen LogP contribution in [0.5, 0.6) is 0 Å². The Bertz CT molecular complexity index is 404. The van der Waals surface area contributed by atoms with Crippen molar-refractivity contribution in [3.05, 3.63) is 71.8 Å². The molecule has 0 radical (unpaired) electrons. The molecule has 3 heteroatoms. The van der Waals surface area contributed by atoms with Crippen LogP contribution >= 0.6 is 0 Å². The molecule has 0 atom stereocenters. The molecule has 0 unspecified atom stereocenters. The van der Waals surface area contributed by atoms with Crippen LogP contribution in [0.15, 0.2) is 60.7 Å². The Morgan fingerprint density at radius 1 is 0.800 bits per heavy atom. The fourth-order valence-electron chi connectivity index (χ4n) is 2.08. The first-order valence-corrected chi connectivity index (χ1v) is 6.83. The molecule has 3 N–H and O–H groups in total. The molecule has 0 amide bonds. The van der Waals surface area contributed by atoms with Crippen LogP contribution in [0, 0.1) is 0 Å². The van der Waals surface area contributed by atoms with Crippen molar-refractivity contribution in [2.75, 3.05) is 20.2 Å². The van der Waals surface area contributed by atoms with Gasteiger partial charge in [-0.1, -0.05) is 60.7 Å². The molecule has 0 aliphatic rings. The molecule has 20 heavy (non-hydrogen) atoms. The summed E-state index contributed by atoms with van der Waals surface area (Å²) in [4.78, 5) is 2.38. The Labute approximate surface area is 121 Å². The lowest BCUT2D eigenvalue weighted by Crippen LogP contribution is -2.28. The lowest BCUT2D eigenvalue weighted by Gasteiger charge is -2.21. The highest BCUT2D eigenvalue weighted by molar-refractivity contribution is 5.17. The Hall–Kier alpha value is -1.68. The van der Waals surface area contributed by atoms with Gasteiger partial charge in [0.25, 0.3) is 0 Å². The Balaban J connectivity index is 0.000000956. The van der Waals surface area contributed by atoms with Gasteiger partial charge < -0.3 is 10.8 Å². The first-order chi connectivity index (χ1) is 9.88. The van der Waals surface area contributed by atoms with E-state index in [1.165, 1.54) is 11.1 Å². The van der Waals surface area contributed by atoms with Crippen molar-refractivity contribution in [3.8, 4) is 0 Å². The van der Waals surface area contributed by atoms with Gasteiger partial charge in [0.15, 0.2) is 0 Å². The summed E-state index contributed by atoms with van der Waals surface area (Å²) in [5, 5.41) is 7.00. The van der Waals surface area contributed by atoms with Gasteiger partial charge in [0.05, 0.1) is 0 Å². The van der Waals surface area contributed by atoms with Crippen LogP contribution in [-0.2, 0) is 13.1 Å². The van der Waals surface area contributed by atoms with Crippen LogP contribution in [0.4, 0.5) is 0 Å². The van der Waals surface area contributed by atoms with Crippen LogP contribution in [0.25, 0.3) is 0 Å². The van der Waals surface area contributed by atoms with Crippen molar-refractivity contribution in [1.29, 1.82) is 0 Å². The number of nitrogens with zero attached hydrogens (tertiary/aromatic N) is 1. The predicted molar refractivity (Wildman–Crippen MR) is 84.2 cm³/mol. The molecule has 2 rings (SSSR count). The lowest BCUT2D eigenvalue weighted by molar-refractivity contribution is 0.264. The summed E-state index contributed by atoms with van der Waals surface area (Å²) >= 11 is 0. The molecule has 0 saturated heterocycles. The maximum atomic E-state index is 7.00. The van der Waals surface area contributed by atoms with E-state index in [1.807, 2.05) is 12.1 Å². The number of nitrogens with two attached hydrogens (primary N) is 1. The summed E-state index contributed by atoms with van der Waals surface area (Å²) in [5.41, 5.74) is 8.37. The first kappa shape index (κ1) is 16.4. The third-order valence-corrected chi connectivity index (χ3v) is 2.94. The third-order valence-electron chi connectivity index (χ3n) is 2.94. The summed E-state index contributed by atoms with van der Waals surface area (Å²) in [6, 6.07) is 21.1. The molecule has 0 heterocycles. The topological polar surface area (TPSA) is 49.5 Å². The molecule has 0 spiro atoms. The second kappa shape index (κ2) is 10.1. The van der Waals surface area contributed by atoms with Gasteiger partial charge >= 0.3 is 0 Å². The highest BCUT2D eigenvalue weighted by Crippen LogP contribution is 2.09. The fraction of sp³-hybridized carbons (Fsp3) is 0.294. The first-order valence-electron chi connectivity index (χ1n) is 6.83. The molecule has 0 aliphatic heterocycles. The second-order valence-corrected chi connectivity index (χ2v) is 4.47. The number of aliphatic hydroxyl groups excluding tert-OH is 1. The van der Waals surface area contributed by atoms with Crippen LogP contribution < -0.4 is 5.73 Å². The summed E-state index contributed by atoms with van der Waals surface area (Å²) < 4.78 is 0. The van der Waals surface area contributed by atoms with Crippen molar-refractivity contribution in [2.45, 2.75) is 13.1 Å². The fourth-order valence-corrected chi connectivity index (χ4v) is 2.08. The van der Waals surface area contributed by atoms with Gasteiger partial charge in [-0.05, 0) is 11.1 Å². The average molecular weight is 272 g/mol. The molecule has 2 aromatic carbocycles. The highest BCUT2D eigenvalue weighted by Gasteiger charge is 2.05. The van der Waals surface area contributed by atoms with Gasteiger partial charge in [0.2, 0.25) is 0 Å². The number of rotatable bonds is 6. The normalized spacial score (nSPS) is 10.0. The molecule has 0 saturated carbocycles. The summed E-state index contributed by atoms with van der Waals surface area (Å²) in [7, 11) is 1.00. The number of benzene rings is 2. The van der Waals surface area contributed by atoms with Gasteiger partial charge in [-0.2, -0.15) is 0 Å². The van der Waals surface area contributed by atoms with E-state index in [-0.39, 0.29) is 0 Å². The van der Waals surface area contributed by atoms with E-state index in [9.17, 15) is 0 Å². The number of aliphatic hydroxyl groups is 1. The zero-order valence-corrected chi connectivity index (χ0v) is 12.1. The molecule has 0 aliphatic carbocycles. The molecule has 0 bridgehead atoms. The van der Waals surface area contributed by atoms with Crippen molar-refractivity contribution < 1.29 is 5.11 Å². The summed E-state index contributed by atoms with van der Waals surface area (Å²) in [6.45, 7) is 3.52. The Kier molecular flexibility index (Phi) is 8.31. The van der Waals surface area contributed by atoms with Crippen LogP contribution in [0.1, 0.15) is 11.1 Å². The van der Waals surface area contributed by atoms with Crippen molar-refractivity contribution in [3.63, 3.8) is 0 Å². The van der Waals surface area contributed by atoms with Crippen LogP contribution in [0.2, 0.25) is 0 Å². The van der Waals surface area contributed by atoms with Crippen molar-refractivity contribution in [2.24, 2.45) is 5.73 Å². The molecule has 108 valence electrons. The summed E-state index contributed by atoms with van der Waals surface area (Å²) in [5.74, 6) is 0. The van der Waals surface area contributed by atoms with Gasteiger partial charge in [0, 0.05) is 33.3 Å². The largest absolute Gasteiger partial charge is 0.400 e. The molecule has 3 nitrogen and oxygen atoms in total. The highest BCUT2D eigenvalue weighted by atomic mass is 16.2. The van der Waals surface area contributed by atoms with E-state index in [0.29, 0.717) is 6.54 Å². The minimum atomic E-state index is 0.694. The molecule has 0 fully saturated rings. The Morgan fingerprint density at radius 2 is 1.20 bits per heavy atom. The van der Waals surface area contributed by atoms with E-state index < -0.39 is 0 Å². The summed E-state index contributed by atoms with van der Waals surface area (Å²) in [6.07, 6.45) is 0. The zero-order valence-electron chi connectivity index (χ0n) is 12.1. The quantitative estimate of drug-likeness (QED) is 0.848. The SMILES string of the molecule is CO.NCCN(Cc1ccccc1)Cc1ccccc1. The van der Waals surface area contributed by atoms with E-state index in [4.69, 9.17) is 10.8 Å². The number of hydrogen-bond acceptors (Lipinski definition) is 3. The Morgan fingerprint density at radius 3 is 1.55 bits per heavy atom. The molecular formula is C17H24N2O. The van der Waals surface area contributed by atoms with E-state index in [1.54, 1.807) is 0 Å². The monoisotopic (exact) mass is 272 g/mol.